The average Bonchev–Trinajstić information content (AvgIpc) is 2.42. The lowest BCUT2D eigenvalue weighted by Crippen LogP contribution is -2.20. The van der Waals surface area contributed by atoms with Gasteiger partial charge in [0.25, 0.3) is 0 Å². The average molecular weight is 307 g/mol. The van der Waals surface area contributed by atoms with Gasteiger partial charge in [0.15, 0.2) is 0 Å². The molecule has 0 saturated heterocycles. The molecule has 0 atom stereocenters. The van der Waals surface area contributed by atoms with Crippen LogP contribution < -0.4 is 15.6 Å². The summed E-state index contributed by atoms with van der Waals surface area (Å²) >= 11 is 3.53. The van der Waals surface area contributed by atoms with Gasteiger partial charge in [-0.05, 0) is 29.8 Å². The number of para-hydroxylation sites is 1. The van der Waals surface area contributed by atoms with Crippen molar-refractivity contribution in [3.63, 3.8) is 0 Å². The molecule has 2 aromatic carbocycles. The van der Waals surface area contributed by atoms with Crippen LogP contribution in [0.5, 0.6) is 5.75 Å². The summed E-state index contributed by atoms with van der Waals surface area (Å²) in [5.41, 5.74) is 8.53. The Balaban J connectivity index is 1.91. The molecule has 0 heterocycles. The van der Waals surface area contributed by atoms with E-state index in [2.05, 4.69) is 26.8 Å². The van der Waals surface area contributed by atoms with Crippen LogP contribution in [0.4, 0.5) is 5.69 Å². The molecule has 0 aromatic heterocycles. The van der Waals surface area contributed by atoms with E-state index in [-0.39, 0.29) is 0 Å². The molecule has 2 N–H and O–H groups in total. The van der Waals surface area contributed by atoms with E-state index >= 15 is 0 Å². The van der Waals surface area contributed by atoms with Crippen LogP contribution in [0, 0.1) is 0 Å². The zero-order valence-corrected chi connectivity index (χ0v) is 11.7. The van der Waals surface area contributed by atoms with Gasteiger partial charge in [-0.1, -0.05) is 40.2 Å². The molecule has 0 bridgehead atoms. The van der Waals surface area contributed by atoms with Gasteiger partial charge in [0, 0.05) is 16.7 Å². The predicted octanol–water partition coefficient (Wildman–Crippen LogP) is 3.57. The van der Waals surface area contributed by atoms with E-state index in [1.165, 1.54) is 5.56 Å². The highest BCUT2D eigenvalue weighted by molar-refractivity contribution is 9.10. The Morgan fingerprint density at radius 3 is 2.56 bits per heavy atom. The van der Waals surface area contributed by atoms with E-state index in [9.17, 15) is 0 Å². The summed E-state index contributed by atoms with van der Waals surface area (Å²) < 4.78 is 6.19. The highest BCUT2D eigenvalue weighted by atomic mass is 79.9. The SMILES string of the molecule is COc1ccc(CNNc2ccccc2)c(Br)c1. The molecular formula is C14H15BrN2O. The van der Waals surface area contributed by atoms with Gasteiger partial charge in [-0.2, -0.15) is 0 Å². The molecule has 0 unspecified atom stereocenters. The van der Waals surface area contributed by atoms with Crippen molar-refractivity contribution in [1.82, 2.24) is 5.43 Å². The summed E-state index contributed by atoms with van der Waals surface area (Å²) in [6, 6.07) is 15.9. The highest BCUT2D eigenvalue weighted by Crippen LogP contribution is 2.22. The molecule has 0 aliphatic rings. The lowest BCUT2D eigenvalue weighted by molar-refractivity contribution is 0.414. The van der Waals surface area contributed by atoms with Crippen LogP contribution in [-0.2, 0) is 6.54 Å². The number of nitrogens with one attached hydrogen (secondary N) is 2. The first-order valence-corrected chi connectivity index (χ1v) is 6.45. The van der Waals surface area contributed by atoms with Gasteiger partial charge in [-0.3, -0.25) is 0 Å². The predicted molar refractivity (Wildman–Crippen MR) is 77.6 cm³/mol. The van der Waals surface area contributed by atoms with Crippen LogP contribution in [0.3, 0.4) is 0 Å². The molecule has 0 amide bonds. The molecule has 18 heavy (non-hydrogen) atoms. The molecule has 0 aliphatic heterocycles. The first-order valence-electron chi connectivity index (χ1n) is 5.66. The van der Waals surface area contributed by atoms with Crippen LogP contribution in [-0.4, -0.2) is 7.11 Å². The largest absolute Gasteiger partial charge is 0.497 e. The van der Waals surface area contributed by atoms with Gasteiger partial charge < -0.3 is 10.2 Å². The van der Waals surface area contributed by atoms with Crippen molar-refractivity contribution in [3.8, 4) is 5.75 Å². The summed E-state index contributed by atoms with van der Waals surface area (Å²) in [6.07, 6.45) is 0. The fourth-order valence-corrected chi connectivity index (χ4v) is 2.06. The first-order chi connectivity index (χ1) is 8.79. The van der Waals surface area contributed by atoms with E-state index in [0.29, 0.717) is 0 Å². The molecule has 0 radical (unpaired) electrons. The lowest BCUT2D eigenvalue weighted by atomic mass is 10.2. The number of anilines is 1. The minimum absolute atomic E-state index is 0.722. The molecule has 94 valence electrons. The second-order valence-corrected chi connectivity index (χ2v) is 4.66. The van der Waals surface area contributed by atoms with Gasteiger partial charge in [0.1, 0.15) is 5.75 Å². The van der Waals surface area contributed by atoms with Crippen LogP contribution >= 0.6 is 15.9 Å². The number of hydrogen-bond donors (Lipinski definition) is 2. The van der Waals surface area contributed by atoms with Gasteiger partial charge in [-0.15, -0.1) is 0 Å². The Bertz CT molecular complexity index is 502. The molecule has 2 rings (SSSR count). The summed E-state index contributed by atoms with van der Waals surface area (Å²) in [6.45, 7) is 0.722. The summed E-state index contributed by atoms with van der Waals surface area (Å²) in [5, 5.41) is 0. The standard InChI is InChI=1S/C14H15BrN2O/c1-18-13-8-7-11(14(15)9-13)10-16-17-12-5-3-2-4-6-12/h2-9,16-17H,10H2,1H3. The number of halogens is 1. The smallest absolute Gasteiger partial charge is 0.120 e. The third-order valence-electron chi connectivity index (χ3n) is 2.55. The molecule has 4 heteroatoms. The Hall–Kier alpha value is -1.52. The maximum absolute atomic E-state index is 5.16. The van der Waals surface area contributed by atoms with Gasteiger partial charge in [0.05, 0.1) is 7.11 Å². The molecular weight excluding hydrogens is 292 g/mol. The van der Waals surface area contributed by atoms with E-state index in [1.807, 2.05) is 48.5 Å². The van der Waals surface area contributed by atoms with E-state index < -0.39 is 0 Å². The van der Waals surface area contributed by atoms with Crippen molar-refractivity contribution in [2.75, 3.05) is 12.5 Å². The highest BCUT2D eigenvalue weighted by Gasteiger charge is 2.01. The van der Waals surface area contributed by atoms with Crippen molar-refractivity contribution >= 4 is 21.6 Å². The maximum atomic E-state index is 5.16. The quantitative estimate of drug-likeness (QED) is 0.829. The van der Waals surface area contributed by atoms with E-state index in [0.717, 1.165) is 22.5 Å². The second-order valence-electron chi connectivity index (χ2n) is 3.80. The number of ether oxygens (including phenoxy) is 1. The summed E-state index contributed by atoms with van der Waals surface area (Å²) in [4.78, 5) is 0. The first kappa shape index (κ1) is 12.9. The van der Waals surface area contributed by atoms with Crippen molar-refractivity contribution in [3.05, 3.63) is 58.6 Å². The van der Waals surface area contributed by atoms with Crippen LogP contribution in [0.1, 0.15) is 5.56 Å². The minimum atomic E-state index is 0.722. The number of benzene rings is 2. The molecule has 0 aliphatic carbocycles. The zero-order valence-electron chi connectivity index (χ0n) is 10.1. The van der Waals surface area contributed by atoms with E-state index in [4.69, 9.17) is 4.74 Å². The molecule has 3 nitrogen and oxygen atoms in total. The normalized spacial score (nSPS) is 10.1. The number of hydrogen-bond acceptors (Lipinski definition) is 3. The van der Waals surface area contributed by atoms with Crippen LogP contribution in [0.2, 0.25) is 0 Å². The lowest BCUT2D eigenvalue weighted by Gasteiger charge is -2.10. The number of hydrazine groups is 1. The second kappa shape index (κ2) is 6.42. The third kappa shape index (κ3) is 3.48. The van der Waals surface area contributed by atoms with Crippen molar-refractivity contribution < 1.29 is 4.74 Å². The van der Waals surface area contributed by atoms with Crippen molar-refractivity contribution in [2.45, 2.75) is 6.54 Å². The van der Waals surface area contributed by atoms with E-state index in [1.54, 1.807) is 7.11 Å². The van der Waals surface area contributed by atoms with Crippen molar-refractivity contribution in [1.29, 1.82) is 0 Å². The topological polar surface area (TPSA) is 33.3 Å². The van der Waals surface area contributed by atoms with Gasteiger partial charge in [0.2, 0.25) is 0 Å². The van der Waals surface area contributed by atoms with Crippen LogP contribution in [0.25, 0.3) is 0 Å². The fraction of sp³-hybridized carbons (Fsp3) is 0.143. The summed E-state index contributed by atoms with van der Waals surface area (Å²) in [5.74, 6) is 0.849. The maximum Gasteiger partial charge on any atom is 0.120 e. The van der Waals surface area contributed by atoms with Gasteiger partial charge >= 0.3 is 0 Å². The number of rotatable bonds is 5. The Labute approximate surface area is 115 Å². The number of methoxy groups -OCH3 is 1. The molecule has 2 aromatic rings. The molecule has 0 spiro atoms. The molecule has 0 saturated carbocycles. The van der Waals surface area contributed by atoms with Crippen LogP contribution in [0.15, 0.2) is 53.0 Å². The van der Waals surface area contributed by atoms with Crippen molar-refractivity contribution in [2.24, 2.45) is 0 Å². The minimum Gasteiger partial charge on any atom is -0.497 e. The Morgan fingerprint density at radius 1 is 1.11 bits per heavy atom. The molecule has 0 fully saturated rings. The Morgan fingerprint density at radius 2 is 1.89 bits per heavy atom. The summed E-state index contributed by atoms with van der Waals surface area (Å²) in [7, 11) is 1.66. The zero-order chi connectivity index (χ0) is 12.8. The third-order valence-corrected chi connectivity index (χ3v) is 3.28. The monoisotopic (exact) mass is 306 g/mol. The Kier molecular flexibility index (Phi) is 4.61. The fourth-order valence-electron chi connectivity index (χ4n) is 1.56. The van der Waals surface area contributed by atoms with Gasteiger partial charge in [-0.25, -0.2) is 5.43 Å².